The summed E-state index contributed by atoms with van der Waals surface area (Å²) >= 11 is 0. The van der Waals surface area contributed by atoms with E-state index in [0.29, 0.717) is 11.3 Å². The third-order valence-corrected chi connectivity index (χ3v) is 3.80. The van der Waals surface area contributed by atoms with Crippen molar-refractivity contribution in [1.82, 2.24) is 4.98 Å². The smallest absolute Gasteiger partial charge is 0.417 e. The molecule has 7 heteroatoms. The number of carboxylic acids is 1. The normalized spacial score (nSPS) is 11.5. The van der Waals surface area contributed by atoms with E-state index in [1.165, 1.54) is 18.2 Å². The van der Waals surface area contributed by atoms with Crippen molar-refractivity contribution in [2.24, 2.45) is 0 Å². The Bertz CT molecular complexity index is 966. The molecule has 134 valence electrons. The molecule has 0 amide bonds. The van der Waals surface area contributed by atoms with Gasteiger partial charge in [0.25, 0.3) is 0 Å². The molecular weight excluding hydrogens is 347 g/mol. The van der Waals surface area contributed by atoms with Crippen LogP contribution in [0.2, 0.25) is 0 Å². The summed E-state index contributed by atoms with van der Waals surface area (Å²) in [5, 5.41) is 8.58. The highest BCUT2D eigenvalue weighted by atomic mass is 19.4. The molecule has 1 aromatic heterocycles. The molecule has 2 aromatic carbocycles. The van der Waals surface area contributed by atoms with Crippen LogP contribution in [-0.4, -0.2) is 22.7 Å². The first-order valence-corrected chi connectivity index (χ1v) is 7.68. The summed E-state index contributed by atoms with van der Waals surface area (Å²) in [7, 11) is 0. The molecule has 0 aliphatic rings. The number of rotatable bonds is 4. The minimum atomic E-state index is -4.62. The first-order chi connectivity index (χ1) is 12.3. The van der Waals surface area contributed by atoms with Gasteiger partial charge in [-0.2, -0.15) is 13.2 Å². The lowest BCUT2D eigenvalue weighted by atomic mass is 10.0. The summed E-state index contributed by atoms with van der Waals surface area (Å²) in [5.41, 5.74) is 1.28. The van der Waals surface area contributed by atoms with E-state index in [2.05, 4.69) is 4.98 Å². The Balaban J connectivity index is 2.24. The number of nitrogens with zero attached hydrogens (tertiary/aromatic N) is 1. The molecule has 1 heterocycles. The summed E-state index contributed by atoms with van der Waals surface area (Å²) in [6, 6.07) is 12.2. The zero-order valence-electron chi connectivity index (χ0n) is 13.7. The second-order valence-electron chi connectivity index (χ2n) is 5.75. The number of carbonyl (C=O) groups is 1. The topological polar surface area (TPSA) is 59.4 Å². The molecule has 3 aromatic rings. The van der Waals surface area contributed by atoms with E-state index in [1.54, 1.807) is 12.1 Å². The number of ether oxygens (including phenoxy) is 1. The van der Waals surface area contributed by atoms with Crippen LogP contribution < -0.4 is 4.74 Å². The molecule has 0 bridgehead atoms. The summed E-state index contributed by atoms with van der Waals surface area (Å²) in [5.74, 6) is -1.45. The lowest BCUT2D eigenvalue weighted by Crippen LogP contribution is -2.12. The molecular formula is C19H14F3NO3. The van der Waals surface area contributed by atoms with Crippen molar-refractivity contribution in [3.05, 3.63) is 59.7 Å². The lowest BCUT2D eigenvalue weighted by Gasteiger charge is -2.15. The van der Waals surface area contributed by atoms with E-state index >= 15 is 0 Å². The number of alkyl halides is 3. The summed E-state index contributed by atoms with van der Waals surface area (Å²) in [6.07, 6.45) is -4.62. The minimum absolute atomic E-state index is 0.0817. The molecule has 0 radical (unpaired) electrons. The average Bonchev–Trinajstić information content (AvgIpc) is 2.58. The third kappa shape index (κ3) is 3.61. The van der Waals surface area contributed by atoms with Gasteiger partial charge in [0.05, 0.1) is 22.2 Å². The molecule has 4 nitrogen and oxygen atoms in total. The van der Waals surface area contributed by atoms with Crippen LogP contribution in [0.15, 0.2) is 48.5 Å². The Morgan fingerprint density at radius 1 is 1.15 bits per heavy atom. The number of aliphatic carboxylic acids is 1. The van der Waals surface area contributed by atoms with Gasteiger partial charge in [-0.1, -0.05) is 35.9 Å². The number of halogens is 3. The monoisotopic (exact) mass is 361 g/mol. The molecule has 0 aliphatic carbocycles. The number of benzene rings is 2. The van der Waals surface area contributed by atoms with E-state index in [0.717, 1.165) is 11.6 Å². The second kappa shape index (κ2) is 6.67. The number of hydrogen-bond donors (Lipinski definition) is 1. The van der Waals surface area contributed by atoms with Crippen molar-refractivity contribution in [3.63, 3.8) is 0 Å². The highest BCUT2D eigenvalue weighted by Crippen LogP contribution is 2.40. The quantitative estimate of drug-likeness (QED) is 0.732. The Morgan fingerprint density at radius 2 is 1.85 bits per heavy atom. The number of fused-ring (bicyclic) bond motifs is 1. The van der Waals surface area contributed by atoms with Gasteiger partial charge in [-0.15, -0.1) is 0 Å². The fourth-order valence-corrected chi connectivity index (χ4v) is 2.61. The van der Waals surface area contributed by atoms with E-state index in [1.807, 2.05) is 19.1 Å². The molecule has 3 rings (SSSR count). The van der Waals surface area contributed by atoms with Gasteiger partial charge in [0, 0.05) is 11.6 Å². The van der Waals surface area contributed by atoms with Crippen molar-refractivity contribution in [2.45, 2.75) is 13.1 Å². The van der Waals surface area contributed by atoms with Crippen molar-refractivity contribution in [2.75, 3.05) is 6.61 Å². The summed E-state index contributed by atoms with van der Waals surface area (Å²) < 4.78 is 45.3. The Morgan fingerprint density at radius 3 is 2.46 bits per heavy atom. The molecule has 0 saturated heterocycles. The van der Waals surface area contributed by atoms with Gasteiger partial charge >= 0.3 is 12.1 Å². The molecule has 1 N–H and O–H groups in total. The van der Waals surface area contributed by atoms with Crippen LogP contribution in [0, 0.1) is 6.92 Å². The van der Waals surface area contributed by atoms with Crippen LogP contribution in [0.1, 0.15) is 11.1 Å². The van der Waals surface area contributed by atoms with Crippen LogP contribution in [-0.2, 0) is 11.0 Å². The molecule has 0 atom stereocenters. The second-order valence-corrected chi connectivity index (χ2v) is 5.75. The van der Waals surface area contributed by atoms with Gasteiger partial charge in [0.2, 0.25) is 0 Å². The lowest BCUT2D eigenvalue weighted by molar-refractivity contribution is -0.139. The van der Waals surface area contributed by atoms with E-state index in [9.17, 15) is 18.0 Å². The van der Waals surface area contributed by atoms with Gasteiger partial charge < -0.3 is 9.84 Å². The van der Waals surface area contributed by atoms with Gasteiger partial charge in [0.1, 0.15) is 5.75 Å². The Hall–Kier alpha value is -3.09. The molecule has 26 heavy (non-hydrogen) atoms. The van der Waals surface area contributed by atoms with Gasteiger partial charge in [-0.25, -0.2) is 9.78 Å². The number of aromatic nitrogens is 1. The van der Waals surface area contributed by atoms with Crippen LogP contribution in [0.5, 0.6) is 5.75 Å². The SMILES string of the molecule is Cc1ccc(-c2cc(OCC(=O)O)c3c(C(F)(F)F)cccc3n2)cc1. The number of carboxylic acid groups (broad SMARTS) is 1. The average molecular weight is 361 g/mol. The molecule has 0 aliphatic heterocycles. The molecule has 0 saturated carbocycles. The van der Waals surface area contributed by atoms with Crippen LogP contribution >= 0.6 is 0 Å². The number of pyridine rings is 1. The zero-order valence-corrected chi connectivity index (χ0v) is 13.7. The molecule has 0 unspecified atom stereocenters. The summed E-state index contributed by atoms with van der Waals surface area (Å²) in [6.45, 7) is 1.16. The molecule has 0 fully saturated rings. The highest BCUT2D eigenvalue weighted by Gasteiger charge is 2.34. The van der Waals surface area contributed by atoms with Crippen LogP contribution in [0.3, 0.4) is 0 Å². The van der Waals surface area contributed by atoms with Crippen molar-refractivity contribution >= 4 is 16.9 Å². The number of hydrogen-bond acceptors (Lipinski definition) is 3. The Kier molecular flexibility index (Phi) is 4.54. The Labute approximate surface area is 146 Å². The van der Waals surface area contributed by atoms with Gasteiger partial charge in [-0.3, -0.25) is 0 Å². The maximum Gasteiger partial charge on any atom is 0.417 e. The highest BCUT2D eigenvalue weighted by molar-refractivity contribution is 5.91. The predicted molar refractivity (Wildman–Crippen MR) is 90.0 cm³/mol. The molecule has 0 spiro atoms. The minimum Gasteiger partial charge on any atom is -0.481 e. The third-order valence-electron chi connectivity index (χ3n) is 3.80. The largest absolute Gasteiger partial charge is 0.481 e. The first kappa shape index (κ1) is 17.7. The van der Waals surface area contributed by atoms with Crippen LogP contribution in [0.25, 0.3) is 22.2 Å². The number of aryl methyl sites for hydroxylation is 1. The standard InChI is InChI=1S/C19H14F3NO3/c1-11-5-7-12(8-6-11)15-9-16(26-10-17(24)25)18-13(19(20,21)22)3-2-4-14(18)23-15/h2-9H,10H2,1H3,(H,24,25). The maximum absolute atomic E-state index is 13.4. The fourth-order valence-electron chi connectivity index (χ4n) is 2.61. The zero-order chi connectivity index (χ0) is 18.9. The predicted octanol–water partition coefficient (Wildman–Crippen LogP) is 4.69. The van der Waals surface area contributed by atoms with Crippen LogP contribution in [0.4, 0.5) is 13.2 Å². The van der Waals surface area contributed by atoms with E-state index in [4.69, 9.17) is 9.84 Å². The van der Waals surface area contributed by atoms with Gasteiger partial charge in [-0.05, 0) is 19.1 Å². The van der Waals surface area contributed by atoms with E-state index < -0.39 is 24.3 Å². The van der Waals surface area contributed by atoms with Crippen molar-refractivity contribution in [3.8, 4) is 17.0 Å². The fraction of sp³-hybridized carbons (Fsp3) is 0.158. The van der Waals surface area contributed by atoms with Gasteiger partial charge in [0.15, 0.2) is 6.61 Å². The first-order valence-electron chi connectivity index (χ1n) is 7.68. The van der Waals surface area contributed by atoms with Crippen molar-refractivity contribution < 1.29 is 27.8 Å². The van der Waals surface area contributed by atoms with Crippen molar-refractivity contribution in [1.29, 1.82) is 0 Å². The summed E-state index contributed by atoms with van der Waals surface area (Å²) in [4.78, 5) is 15.1. The van der Waals surface area contributed by atoms with E-state index in [-0.39, 0.29) is 16.7 Å². The maximum atomic E-state index is 13.4.